The van der Waals surface area contributed by atoms with Gasteiger partial charge in [0.25, 0.3) is 0 Å². The molecule has 0 aliphatic carbocycles. The number of hydrogen-bond acceptors (Lipinski definition) is 7. The molecule has 0 amide bonds. The Hall–Kier alpha value is -2.68. The molecular formula is C17H23N7O2. The fourth-order valence-corrected chi connectivity index (χ4v) is 3.14. The van der Waals surface area contributed by atoms with Gasteiger partial charge in [-0.15, -0.1) is 5.10 Å². The second-order valence-electron chi connectivity index (χ2n) is 6.83. The summed E-state index contributed by atoms with van der Waals surface area (Å²) in [6, 6.07) is 0.298. The van der Waals surface area contributed by atoms with Crippen LogP contribution >= 0.6 is 0 Å². The highest BCUT2D eigenvalue weighted by Gasteiger charge is 2.22. The van der Waals surface area contributed by atoms with Crippen molar-refractivity contribution in [2.45, 2.75) is 51.9 Å². The zero-order chi connectivity index (χ0) is 18.1. The van der Waals surface area contributed by atoms with Gasteiger partial charge in [0.15, 0.2) is 5.75 Å². The van der Waals surface area contributed by atoms with E-state index in [2.05, 4.69) is 37.5 Å². The summed E-state index contributed by atoms with van der Waals surface area (Å²) in [7, 11) is 0. The van der Waals surface area contributed by atoms with Crippen LogP contribution in [0.15, 0.2) is 18.7 Å². The number of nitrogens with one attached hydrogen (secondary N) is 2. The molecular weight excluding hydrogens is 334 g/mol. The molecule has 0 radical (unpaired) electrons. The van der Waals surface area contributed by atoms with Crippen molar-refractivity contribution >= 4 is 11.6 Å². The van der Waals surface area contributed by atoms with E-state index in [0.29, 0.717) is 29.1 Å². The molecule has 3 aromatic rings. The van der Waals surface area contributed by atoms with E-state index in [0.717, 1.165) is 25.0 Å². The zero-order valence-electron chi connectivity index (χ0n) is 15.1. The van der Waals surface area contributed by atoms with Gasteiger partial charge in [-0.1, -0.05) is 0 Å². The molecule has 4 heterocycles. The maximum absolute atomic E-state index is 6.03. The molecule has 1 fully saturated rings. The summed E-state index contributed by atoms with van der Waals surface area (Å²) in [5.74, 6) is 1.17. The first-order valence-corrected chi connectivity index (χ1v) is 8.89. The molecule has 9 heteroatoms. The van der Waals surface area contributed by atoms with E-state index in [1.54, 1.807) is 23.2 Å². The number of ether oxygens (including phenoxy) is 2. The maximum atomic E-state index is 6.03. The van der Waals surface area contributed by atoms with Crippen LogP contribution in [0.5, 0.6) is 5.75 Å². The molecule has 0 spiro atoms. The molecule has 1 aliphatic heterocycles. The quantitative estimate of drug-likeness (QED) is 0.722. The predicted molar refractivity (Wildman–Crippen MR) is 96.2 cm³/mol. The molecule has 26 heavy (non-hydrogen) atoms. The van der Waals surface area contributed by atoms with Crippen LogP contribution in [0.2, 0.25) is 0 Å². The largest absolute Gasteiger partial charge is 0.485 e. The Balaban J connectivity index is 1.70. The van der Waals surface area contributed by atoms with Crippen molar-refractivity contribution in [3.05, 3.63) is 18.7 Å². The fourth-order valence-electron chi connectivity index (χ4n) is 3.14. The smallest absolute Gasteiger partial charge is 0.243 e. The molecule has 2 atom stereocenters. The van der Waals surface area contributed by atoms with Crippen molar-refractivity contribution in [2.75, 3.05) is 11.9 Å². The van der Waals surface area contributed by atoms with Gasteiger partial charge >= 0.3 is 0 Å². The van der Waals surface area contributed by atoms with Gasteiger partial charge < -0.3 is 14.8 Å². The second kappa shape index (κ2) is 6.91. The number of anilines is 1. The van der Waals surface area contributed by atoms with Crippen LogP contribution < -0.4 is 10.1 Å². The normalized spacial score (nSPS) is 20.6. The first-order chi connectivity index (χ1) is 12.6. The first-order valence-electron chi connectivity index (χ1n) is 8.89. The van der Waals surface area contributed by atoms with Gasteiger partial charge in [-0.3, -0.25) is 5.10 Å². The highest BCUT2D eigenvalue weighted by molar-refractivity contribution is 5.73. The molecule has 3 aromatic heterocycles. The number of fused-ring (bicyclic) bond motifs is 1. The molecule has 0 aromatic carbocycles. The van der Waals surface area contributed by atoms with Crippen molar-refractivity contribution in [1.29, 1.82) is 0 Å². The number of nitrogens with zero attached hydrogens (tertiary/aromatic N) is 5. The van der Waals surface area contributed by atoms with Crippen LogP contribution in [0.25, 0.3) is 16.9 Å². The van der Waals surface area contributed by atoms with E-state index in [9.17, 15) is 0 Å². The van der Waals surface area contributed by atoms with Crippen molar-refractivity contribution in [3.63, 3.8) is 0 Å². The average Bonchev–Trinajstić information content (AvgIpc) is 3.24. The number of aromatic nitrogens is 6. The minimum absolute atomic E-state index is 0.0156. The van der Waals surface area contributed by atoms with E-state index in [1.165, 1.54) is 0 Å². The van der Waals surface area contributed by atoms with Gasteiger partial charge in [0.05, 0.1) is 18.4 Å². The Labute approximate surface area is 151 Å². The van der Waals surface area contributed by atoms with Crippen LogP contribution in [0.3, 0.4) is 0 Å². The minimum Gasteiger partial charge on any atom is -0.485 e. The van der Waals surface area contributed by atoms with Crippen LogP contribution in [0.1, 0.15) is 33.6 Å². The number of aromatic amines is 1. The standard InChI is InChI=1S/C17H23N7O2/c1-10(2)26-15-14(12-7-19-20-8-12)18-9-24-16(15)22-17(23-24)21-13-4-5-25-11(3)6-13/h7-11,13H,4-6H2,1-3H3,(H,19,20)(H,21,23). The molecule has 0 bridgehead atoms. The molecule has 2 unspecified atom stereocenters. The van der Waals surface area contributed by atoms with Gasteiger partial charge in [-0.25, -0.2) is 4.98 Å². The van der Waals surface area contributed by atoms with Crippen molar-refractivity contribution in [3.8, 4) is 17.0 Å². The zero-order valence-corrected chi connectivity index (χ0v) is 15.1. The SMILES string of the molecule is CC(C)Oc1c(-c2cn[nH]c2)ncn2nc(NC3CCOC(C)C3)nc12. The molecule has 0 saturated carbocycles. The fraction of sp³-hybridized carbons (Fsp3) is 0.529. The maximum Gasteiger partial charge on any atom is 0.243 e. The summed E-state index contributed by atoms with van der Waals surface area (Å²) in [5.41, 5.74) is 2.17. The number of hydrogen-bond donors (Lipinski definition) is 2. The number of H-pyrrole nitrogens is 1. The van der Waals surface area contributed by atoms with E-state index in [1.807, 2.05) is 13.8 Å². The van der Waals surface area contributed by atoms with Crippen LogP contribution in [0.4, 0.5) is 5.95 Å². The van der Waals surface area contributed by atoms with Gasteiger partial charge in [-0.2, -0.15) is 14.6 Å². The molecule has 2 N–H and O–H groups in total. The van der Waals surface area contributed by atoms with Gasteiger partial charge in [-0.05, 0) is 33.6 Å². The van der Waals surface area contributed by atoms with E-state index < -0.39 is 0 Å². The summed E-state index contributed by atoms with van der Waals surface area (Å²) in [6.45, 7) is 6.78. The molecule has 9 nitrogen and oxygen atoms in total. The average molecular weight is 357 g/mol. The lowest BCUT2D eigenvalue weighted by Gasteiger charge is -2.27. The molecule has 1 aliphatic rings. The topological polar surface area (TPSA) is 102 Å². The Morgan fingerprint density at radius 3 is 3.04 bits per heavy atom. The van der Waals surface area contributed by atoms with Crippen LogP contribution in [-0.2, 0) is 4.74 Å². The first kappa shape index (κ1) is 16.8. The number of rotatable bonds is 5. The predicted octanol–water partition coefficient (Wildman–Crippen LogP) is 2.28. The third kappa shape index (κ3) is 3.34. The van der Waals surface area contributed by atoms with Gasteiger partial charge in [0.2, 0.25) is 11.6 Å². The highest BCUT2D eigenvalue weighted by Crippen LogP contribution is 2.32. The third-order valence-corrected chi connectivity index (χ3v) is 4.29. The summed E-state index contributed by atoms with van der Waals surface area (Å²) >= 11 is 0. The third-order valence-electron chi connectivity index (χ3n) is 4.29. The van der Waals surface area contributed by atoms with Crippen LogP contribution in [-0.4, -0.2) is 54.6 Å². The Bertz CT molecular complexity index is 875. The van der Waals surface area contributed by atoms with Gasteiger partial charge in [0, 0.05) is 24.4 Å². The lowest BCUT2D eigenvalue weighted by molar-refractivity contribution is 0.0231. The molecule has 138 valence electrons. The lowest BCUT2D eigenvalue weighted by atomic mass is 10.0. The second-order valence-corrected chi connectivity index (χ2v) is 6.83. The highest BCUT2D eigenvalue weighted by atomic mass is 16.5. The lowest BCUT2D eigenvalue weighted by Crippen LogP contribution is -2.32. The van der Waals surface area contributed by atoms with E-state index >= 15 is 0 Å². The summed E-state index contributed by atoms with van der Waals surface area (Å²) in [6.07, 6.45) is 7.24. The van der Waals surface area contributed by atoms with Crippen molar-refractivity contribution in [1.82, 2.24) is 29.8 Å². The van der Waals surface area contributed by atoms with Crippen molar-refractivity contribution < 1.29 is 9.47 Å². The van der Waals surface area contributed by atoms with Gasteiger partial charge in [0.1, 0.15) is 12.0 Å². The van der Waals surface area contributed by atoms with Crippen molar-refractivity contribution in [2.24, 2.45) is 0 Å². The monoisotopic (exact) mass is 357 g/mol. The Morgan fingerprint density at radius 2 is 2.31 bits per heavy atom. The van der Waals surface area contributed by atoms with Crippen LogP contribution in [0, 0.1) is 0 Å². The summed E-state index contributed by atoms with van der Waals surface area (Å²) < 4.78 is 13.3. The molecule has 4 rings (SSSR count). The summed E-state index contributed by atoms with van der Waals surface area (Å²) in [5, 5.41) is 14.7. The summed E-state index contributed by atoms with van der Waals surface area (Å²) in [4.78, 5) is 9.16. The minimum atomic E-state index is -0.0156. The Kier molecular flexibility index (Phi) is 4.46. The van der Waals surface area contributed by atoms with E-state index in [-0.39, 0.29) is 12.2 Å². The van der Waals surface area contributed by atoms with E-state index in [4.69, 9.17) is 9.47 Å². The molecule has 1 saturated heterocycles. The Morgan fingerprint density at radius 1 is 1.42 bits per heavy atom.